The summed E-state index contributed by atoms with van der Waals surface area (Å²) in [6.45, 7) is 1.37. The van der Waals surface area contributed by atoms with Gasteiger partial charge in [-0.3, -0.25) is 0 Å². The monoisotopic (exact) mass is 366 g/mol. The molecule has 0 bridgehead atoms. The van der Waals surface area contributed by atoms with Crippen molar-refractivity contribution in [2.24, 2.45) is 0 Å². The lowest BCUT2D eigenvalue weighted by molar-refractivity contribution is 0.414. The molecule has 134 valence electrons. The fraction of sp³-hybridized carbons (Fsp3) is 0.200. The lowest BCUT2D eigenvalue weighted by Gasteiger charge is -2.20. The van der Waals surface area contributed by atoms with Crippen LogP contribution in [0.3, 0.4) is 0 Å². The quantitative estimate of drug-likeness (QED) is 0.678. The molecule has 2 aromatic carbocycles. The molecule has 3 aromatic rings. The van der Waals surface area contributed by atoms with Gasteiger partial charge in [-0.25, -0.2) is 4.68 Å². The summed E-state index contributed by atoms with van der Waals surface area (Å²) in [5.41, 5.74) is 3.30. The van der Waals surface area contributed by atoms with Crippen molar-refractivity contribution >= 4 is 17.3 Å². The number of nitrogens with zero attached hydrogens (tertiary/aromatic N) is 3. The highest BCUT2D eigenvalue weighted by Gasteiger charge is 2.08. The van der Waals surface area contributed by atoms with Crippen LogP contribution >= 0.6 is 12.2 Å². The van der Waals surface area contributed by atoms with E-state index in [4.69, 9.17) is 17.0 Å². The van der Waals surface area contributed by atoms with Gasteiger partial charge in [-0.1, -0.05) is 30.3 Å². The van der Waals surface area contributed by atoms with Crippen LogP contribution in [0.15, 0.2) is 67.0 Å². The zero-order chi connectivity index (χ0) is 18.4. The van der Waals surface area contributed by atoms with Gasteiger partial charge in [-0.2, -0.15) is 5.10 Å². The molecule has 26 heavy (non-hydrogen) atoms. The highest BCUT2D eigenvalue weighted by molar-refractivity contribution is 7.80. The van der Waals surface area contributed by atoms with E-state index in [1.54, 1.807) is 7.11 Å². The summed E-state index contributed by atoms with van der Waals surface area (Å²) >= 11 is 5.49. The van der Waals surface area contributed by atoms with E-state index in [0.717, 1.165) is 22.6 Å². The molecule has 0 aliphatic heterocycles. The predicted molar refractivity (Wildman–Crippen MR) is 107 cm³/mol. The van der Waals surface area contributed by atoms with Gasteiger partial charge in [0.05, 0.1) is 19.0 Å². The number of nitrogens with one attached hydrogen (secondary N) is 1. The summed E-state index contributed by atoms with van der Waals surface area (Å²) in [6.07, 6.45) is 3.90. The number of methoxy groups -OCH3 is 1. The molecule has 3 rings (SSSR count). The minimum atomic E-state index is 0.677. The van der Waals surface area contributed by atoms with Crippen LogP contribution in [0.1, 0.15) is 11.1 Å². The number of benzene rings is 2. The van der Waals surface area contributed by atoms with Gasteiger partial charge < -0.3 is 15.0 Å². The van der Waals surface area contributed by atoms with Gasteiger partial charge >= 0.3 is 0 Å². The molecule has 0 amide bonds. The zero-order valence-electron chi connectivity index (χ0n) is 14.9. The summed E-state index contributed by atoms with van der Waals surface area (Å²) in [7, 11) is 3.64. The van der Waals surface area contributed by atoms with Gasteiger partial charge in [0.2, 0.25) is 0 Å². The van der Waals surface area contributed by atoms with Crippen LogP contribution < -0.4 is 10.1 Å². The number of aromatic nitrogens is 2. The maximum atomic E-state index is 5.49. The molecule has 0 saturated heterocycles. The number of thiocarbonyl (C=S) groups is 1. The molecule has 1 heterocycles. The van der Waals surface area contributed by atoms with Crippen molar-refractivity contribution in [1.29, 1.82) is 0 Å². The average Bonchev–Trinajstić information content (AvgIpc) is 3.15. The second-order valence-corrected chi connectivity index (χ2v) is 6.38. The summed E-state index contributed by atoms with van der Waals surface area (Å²) in [4.78, 5) is 2.01. The van der Waals surface area contributed by atoms with Gasteiger partial charge in [-0.05, 0) is 42.0 Å². The Balaban J connectivity index is 1.53. The Labute approximate surface area is 159 Å². The Kier molecular flexibility index (Phi) is 5.86. The van der Waals surface area contributed by atoms with E-state index >= 15 is 0 Å². The lowest BCUT2D eigenvalue weighted by atomic mass is 10.2. The van der Waals surface area contributed by atoms with Crippen molar-refractivity contribution < 1.29 is 4.74 Å². The smallest absolute Gasteiger partial charge is 0.169 e. The first-order chi connectivity index (χ1) is 12.7. The van der Waals surface area contributed by atoms with E-state index < -0.39 is 0 Å². The Bertz CT molecular complexity index is 846. The SMILES string of the molecule is COc1ccc(CNC(=S)N(C)Cc2cnn(-c3ccccc3)c2)cc1. The van der Waals surface area contributed by atoms with E-state index in [-0.39, 0.29) is 0 Å². The number of hydrogen-bond donors (Lipinski definition) is 1. The number of rotatable bonds is 6. The molecular formula is C20H22N4OS. The van der Waals surface area contributed by atoms with Crippen LogP contribution in [0.2, 0.25) is 0 Å². The molecule has 0 saturated carbocycles. The van der Waals surface area contributed by atoms with Gasteiger partial charge in [-0.15, -0.1) is 0 Å². The van der Waals surface area contributed by atoms with Crippen LogP contribution in [0.25, 0.3) is 5.69 Å². The molecule has 0 spiro atoms. The largest absolute Gasteiger partial charge is 0.497 e. The normalized spacial score (nSPS) is 10.4. The maximum Gasteiger partial charge on any atom is 0.169 e. The van der Waals surface area contributed by atoms with E-state index in [1.165, 1.54) is 0 Å². The van der Waals surface area contributed by atoms with Crippen LogP contribution in [0.4, 0.5) is 0 Å². The summed E-state index contributed by atoms with van der Waals surface area (Å²) in [5.74, 6) is 0.851. The van der Waals surface area contributed by atoms with E-state index in [1.807, 2.05) is 83.6 Å². The fourth-order valence-electron chi connectivity index (χ4n) is 2.57. The second-order valence-electron chi connectivity index (χ2n) is 5.99. The molecule has 0 aliphatic carbocycles. The Hall–Kier alpha value is -2.86. The van der Waals surface area contributed by atoms with Gasteiger partial charge in [0.1, 0.15) is 5.75 Å². The summed E-state index contributed by atoms with van der Waals surface area (Å²) in [6, 6.07) is 18.0. The standard InChI is InChI=1S/C20H22N4OS/c1-23(20(26)21-12-16-8-10-19(25-2)11-9-16)14-17-13-22-24(15-17)18-6-4-3-5-7-18/h3-11,13,15H,12,14H2,1-2H3,(H,21,26). The number of hydrogen-bond acceptors (Lipinski definition) is 3. The molecule has 0 unspecified atom stereocenters. The predicted octanol–water partition coefficient (Wildman–Crippen LogP) is 3.39. The maximum absolute atomic E-state index is 5.49. The van der Waals surface area contributed by atoms with Crippen molar-refractivity contribution in [1.82, 2.24) is 20.0 Å². The number of ether oxygens (including phenoxy) is 1. The van der Waals surface area contributed by atoms with Crippen LogP contribution in [0.5, 0.6) is 5.75 Å². The fourth-order valence-corrected chi connectivity index (χ4v) is 2.70. The Morgan fingerprint density at radius 1 is 1.12 bits per heavy atom. The third kappa shape index (κ3) is 4.61. The molecule has 6 heteroatoms. The third-order valence-corrected chi connectivity index (χ3v) is 4.48. The minimum Gasteiger partial charge on any atom is -0.497 e. The highest BCUT2D eigenvalue weighted by atomic mass is 32.1. The van der Waals surface area contributed by atoms with Crippen molar-refractivity contribution in [3.8, 4) is 11.4 Å². The lowest BCUT2D eigenvalue weighted by Crippen LogP contribution is -2.36. The van der Waals surface area contributed by atoms with Gasteiger partial charge in [0.25, 0.3) is 0 Å². The highest BCUT2D eigenvalue weighted by Crippen LogP contribution is 2.12. The average molecular weight is 366 g/mol. The molecule has 1 aromatic heterocycles. The summed E-state index contributed by atoms with van der Waals surface area (Å²) in [5, 5.41) is 8.41. The molecule has 0 fully saturated rings. The molecule has 5 nitrogen and oxygen atoms in total. The number of para-hydroxylation sites is 1. The minimum absolute atomic E-state index is 0.677. The van der Waals surface area contributed by atoms with Crippen molar-refractivity contribution in [3.05, 3.63) is 78.1 Å². The third-order valence-electron chi connectivity index (χ3n) is 4.03. The van der Waals surface area contributed by atoms with Crippen molar-refractivity contribution in [2.75, 3.05) is 14.2 Å². The first-order valence-corrected chi connectivity index (χ1v) is 8.77. The Morgan fingerprint density at radius 2 is 1.85 bits per heavy atom. The first-order valence-electron chi connectivity index (χ1n) is 8.36. The second kappa shape index (κ2) is 8.49. The van der Waals surface area contributed by atoms with E-state index in [2.05, 4.69) is 10.4 Å². The molecule has 0 atom stereocenters. The topological polar surface area (TPSA) is 42.3 Å². The van der Waals surface area contributed by atoms with E-state index in [0.29, 0.717) is 18.2 Å². The molecule has 1 N–H and O–H groups in total. The van der Waals surface area contributed by atoms with Crippen LogP contribution in [-0.4, -0.2) is 34.0 Å². The Morgan fingerprint density at radius 3 is 2.54 bits per heavy atom. The van der Waals surface area contributed by atoms with E-state index in [9.17, 15) is 0 Å². The van der Waals surface area contributed by atoms with Crippen molar-refractivity contribution in [3.63, 3.8) is 0 Å². The van der Waals surface area contributed by atoms with Gasteiger partial charge in [0, 0.05) is 31.9 Å². The van der Waals surface area contributed by atoms with Crippen molar-refractivity contribution in [2.45, 2.75) is 13.1 Å². The first kappa shape index (κ1) is 17.9. The molecular weight excluding hydrogens is 344 g/mol. The van der Waals surface area contributed by atoms with Gasteiger partial charge in [0.15, 0.2) is 5.11 Å². The summed E-state index contributed by atoms with van der Waals surface area (Å²) < 4.78 is 7.04. The molecule has 0 aliphatic rings. The molecule has 0 radical (unpaired) electrons. The zero-order valence-corrected chi connectivity index (χ0v) is 15.7. The van der Waals surface area contributed by atoms with Crippen LogP contribution in [0, 0.1) is 0 Å². The van der Waals surface area contributed by atoms with Crippen LogP contribution in [-0.2, 0) is 13.1 Å².